The monoisotopic (exact) mass is 242 g/mol. The van der Waals surface area contributed by atoms with Gasteiger partial charge in [0.15, 0.2) is 0 Å². The van der Waals surface area contributed by atoms with Crippen molar-refractivity contribution < 1.29 is 9.47 Å². The zero-order valence-corrected chi connectivity index (χ0v) is 11.3. The van der Waals surface area contributed by atoms with Crippen molar-refractivity contribution in [2.75, 3.05) is 40.4 Å². The molecular weight excluding hydrogens is 216 g/mol. The molecule has 3 atom stereocenters. The summed E-state index contributed by atoms with van der Waals surface area (Å²) in [6.07, 6.45) is 3.27. The van der Waals surface area contributed by atoms with Crippen molar-refractivity contribution in [3.63, 3.8) is 0 Å². The summed E-state index contributed by atoms with van der Waals surface area (Å²) in [5, 5.41) is 3.61. The van der Waals surface area contributed by atoms with Gasteiger partial charge in [-0.3, -0.25) is 4.90 Å². The van der Waals surface area contributed by atoms with Crippen LogP contribution in [0.4, 0.5) is 0 Å². The number of ether oxygens (including phenoxy) is 2. The van der Waals surface area contributed by atoms with Gasteiger partial charge in [-0.2, -0.15) is 0 Å². The highest BCUT2D eigenvalue weighted by Crippen LogP contribution is 2.33. The van der Waals surface area contributed by atoms with Gasteiger partial charge in [0.25, 0.3) is 0 Å². The van der Waals surface area contributed by atoms with Crippen molar-refractivity contribution in [2.45, 2.75) is 38.0 Å². The van der Waals surface area contributed by atoms with E-state index in [4.69, 9.17) is 9.47 Å². The van der Waals surface area contributed by atoms with Crippen LogP contribution in [0, 0.1) is 5.92 Å². The fraction of sp³-hybridized carbons (Fsp3) is 1.00. The third-order valence-electron chi connectivity index (χ3n) is 4.01. The molecule has 17 heavy (non-hydrogen) atoms. The van der Waals surface area contributed by atoms with Crippen LogP contribution in [0.1, 0.15) is 19.8 Å². The molecule has 0 aromatic heterocycles. The van der Waals surface area contributed by atoms with E-state index in [2.05, 4.69) is 17.1 Å². The number of hydrogen-bond donors (Lipinski definition) is 1. The normalized spacial score (nSPS) is 31.9. The molecule has 2 aliphatic rings. The largest absolute Gasteiger partial charge is 0.377 e. The maximum Gasteiger partial charge on any atom is 0.0971 e. The first-order valence-electron chi connectivity index (χ1n) is 6.79. The topological polar surface area (TPSA) is 33.7 Å². The third-order valence-corrected chi connectivity index (χ3v) is 4.01. The van der Waals surface area contributed by atoms with Crippen molar-refractivity contribution in [1.82, 2.24) is 10.2 Å². The number of nitrogens with zero attached hydrogens (tertiary/aromatic N) is 1. The second-order valence-corrected chi connectivity index (χ2v) is 5.27. The minimum atomic E-state index is 0.237. The predicted octanol–water partition coefficient (Wildman–Crippen LogP) is 0.720. The molecule has 0 radical (unpaired) electrons. The lowest BCUT2D eigenvalue weighted by Crippen LogP contribution is -2.42. The van der Waals surface area contributed by atoms with Crippen LogP contribution in [0.15, 0.2) is 0 Å². The molecule has 2 fully saturated rings. The molecule has 0 spiro atoms. The maximum atomic E-state index is 5.48. The molecule has 1 saturated heterocycles. The molecule has 4 nitrogen and oxygen atoms in total. The Morgan fingerprint density at radius 1 is 1.18 bits per heavy atom. The van der Waals surface area contributed by atoms with Gasteiger partial charge >= 0.3 is 0 Å². The van der Waals surface area contributed by atoms with E-state index in [-0.39, 0.29) is 12.2 Å². The van der Waals surface area contributed by atoms with Gasteiger partial charge in [0.1, 0.15) is 0 Å². The molecule has 3 unspecified atom stereocenters. The Morgan fingerprint density at radius 3 is 2.18 bits per heavy atom. The number of nitrogens with one attached hydrogen (secondary N) is 1. The Balaban J connectivity index is 1.82. The minimum absolute atomic E-state index is 0.237. The van der Waals surface area contributed by atoms with Gasteiger partial charge in [-0.15, -0.1) is 0 Å². The molecule has 2 rings (SSSR count). The first-order chi connectivity index (χ1) is 8.28. The van der Waals surface area contributed by atoms with Gasteiger partial charge in [0.2, 0.25) is 0 Å². The Labute approximate surface area is 105 Å². The van der Waals surface area contributed by atoms with Crippen LogP contribution in [-0.4, -0.2) is 63.5 Å². The molecule has 0 aromatic carbocycles. The summed E-state index contributed by atoms with van der Waals surface area (Å²) < 4.78 is 11.0. The number of likely N-dealkylation sites (tertiary alicyclic amines) is 1. The molecule has 0 aromatic rings. The molecule has 1 N–H and O–H groups in total. The van der Waals surface area contributed by atoms with Crippen LogP contribution in [0.5, 0.6) is 0 Å². The Kier molecular flexibility index (Phi) is 4.79. The molecule has 1 saturated carbocycles. The van der Waals surface area contributed by atoms with E-state index in [1.54, 1.807) is 14.2 Å². The molecular formula is C13H26N2O2. The first kappa shape index (κ1) is 13.3. The van der Waals surface area contributed by atoms with E-state index >= 15 is 0 Å². The Morgan fingerprint density at radius 2 is 1.76 bits per heavy atom. The second kappa shape index (κ2) is 6.14. The first-order valence-corrected chi connectivity index (χ1v) is 6.79. The number of likely N-dealkylation sites (N-methyl/N-ethyl adjacent to an activating group) is 1. The van der Waals surface area contributed by atoms with Gasteiger partial charge in [0, 0.05) is 39.9 Å². The van der Waals surface area contributed by atoms with Gasteiger partial charge in [-0.05, 0) is 25.3 Å². The van der Waals surface area contributed by atoms with Crippen molar-refractivity contribution in [2.24, 2.45) is 5.92 Å². The molecule has 0 bridgehead atoms. The van der Waals surface area contributed by atoms with Crippen LogP contribution in [0.25, 0.3) is 0 Å². The van der Waals surface area contributed by atoms with Crippen LogP contribution >= 0.6 is 0 Å². The molecule has 4 heteroatoms. The lowest BCUT2D eigenvalue weighted by molar-refractivity contribution is -0.00461. The highest BCUT2D eigenvalue weighted by molar-refractivity contribution is 4.92. The summed E-state index contributed by atoms with van der Waals surface area (Å²) >= 11 is 0. The lowest BCUT2D eigenvalue weighted by Gasteiger charge is -2.24. The molecule has 0 amide bonds. The van der Waals surface area contributed by atoms with Crippen LogP contribution in [-0.2, 0) is 9.47 Å². The zero-order chi connectivity index (χ0) is 12.3. The summed E-state index contributed by atoms with van der Waals surface area (Å²) in [7, 11) is 3.56. The van der Waals surface area contributed by atoms with Gasteiger partial charge in [-0.25, -0.2) is 0 Å². The molecule has 1 heterocycles. The average molecular weight is 242 g/mol. The van der Waals surface area contributed by atoms with Crippen LogP contribution in [0.2, 0.25) is 0 Å². The van der Waals surface area contributed by atoms with Crippen LogP contribution in [0.3, 0.4) is 0 Å². The Hall–Kier alpha value is -0.160. The number of hydrogen-bond acceptors (Lipinski definition) is 4. The molecule has 1 aliphatic carbocycles. The summed E-state index contributed by atoms with van der Waals surface area (Å²) in [5.41, 5.74) is 0. The quantitative estimate of drug-likeness (QED) is 0.713. The van der Waals surface area contributed by atoms with Crippen molar-refractivity contribution in [1.29, 1.82) is 0 Å². The van der Waals surface area contributed by atoms with Crippen molar-refractivity contribution in [3.8, 4) is 0 Å². The summed E-state index contributed by atoms with van der Waals surface area (Å²) in [4.78, 5) is 2.48. The summed E-state index contributed by atoms with van der Waals surface area (Å²) in [6.45, 7) is 6.40. The summed E-state index contributed by atoms with van der Waals surface area (Å²) in [5.74, 6) is 0.900. The van der Waals surface area contributed by atoms with Crippen LogP contribution < -0.4 is 5.32 Å². The predicted molar refractivity (Wildman–Crippen MR) is 68.2 cm³/mol. The van der Waals surface area contributed by atoms with Gasteiger partial charge in [-0.1, -0.05) is 6.92 Å². The fourth-order valence-electron chi connectivity index (χ4n) is 2.84. The molecule has 100 valence electrons. The highest BCUT2D eigenvalue weighted by atomic mass is 16.5. The number of rotatable bonds is 7. The summed E-state index contributed by atoms with van der Waals surface area (Å²) in [6, 6.07) is 0.660. The lowest BCUT2D eigenvalue weighted by atomic mass is 10.1. The fourth-order valence-corrected chi connectivity index (χ4v) is 2.84. The third kappa shape index (κ3) is 3.41. The van der Waals surface area contributed by atoms with Crippen molar-refractivity contribution >= 4 is 0 Å². The SMILES string of the molecule is CCNC(CN1CC(OC)C(OC)C1)C1CC1. The second-order valence-electron chi connectivity index (χ2n) is 5.27. The van der Waals surface area contributed by atoms with E-state index in [1.807, 2.05) is 0 Å². The molecule has 1 aliphatic heterocycles. The van der Waals surface area contributed by atoms with E-state index in [1.165, 1.54) is 12.8 Å². The van der Waals surface area contributed by atoms with Crippen molar-refractivity contribution in [3.05, 3.63) is 0 Å². The van der Waals surface area contributed by atoms with E-state index in [0.717, 1.165) is 32.1 Å². The van der Waals surface area contributed by atoms with Gasteiger partial charge < -0.3 is 14.8 Å². The Bertz CT molecular complexity index is 221. The maximum absolute atomic E-state index is 5.48. The van der Waals surface area contributed by atoms with E-state index in [9.17, 15) is 0 Å². The number of methoxy groups -OCH3 is 2. The standard InChI is InChI=1S/C13H26N2O2/c1-4-14-11(10-5-6-10)7-15-8-12(16-2)13(9-15)17-3/h10-14H,4-9H2,1-3H3. The van der Waals surface area contributed by atoms with E-state index in [0.29, 0.717) is 6.04 Å². The highest BCUT2D eigenvalue weighted by Gasteiger charge is 2.37. The average Bonchev–Trinajstić information content (AvgIpc) is 3.10. The zero-order valence-electron chi connectivity index (χ0n) is 11.3. The smallest absolute Gasteiger partial charge is 0.0971 e. The minimum Gasteiger partial charge on any atom is -0.377 e. The van der Waals surface area contributed by atoms with E-state index < -0.39 is 0 Å². The van der Waals surface area contributed by atoms with Gasteiger partial charge in [0.05, 0.1) is 12.2 Å².